The van der Waals surface area contributed by atoms with Crippen LogP contribution in [-0.2, 0) is 11.2 Å². The van der Waals surface area contributed by atoms with Crippen LogP contribution in [0.4, 0.5) is 0 Å². The van der Waals surface area contributed by atoms with Gasteiger partial charge in [-0.05, 0) is 48.9 Å². The molecule has 150 valence electrons. The molecule has 0 radical (unpaired) electrons. The van der Waals surface area contributed by atoms with Gasteiger partial charge in [0.2, 0.25) is 5.91 Å². The van der Waals surface area contributed by atoms with Crippen LogP contribution in [0.2, 0.25) is 0 Å². The molecule has 0 N–H and O–H groups in total. The van der Waals surface area contributed by atoms with Gasteiger partial charge in [0, 0.05) is 24.1 Å². The van der Waals surface area contributed by atoms with Crippen molar-refractivity contribution in [2.45, 2.75) is 56.7 Å². The number of nitrogens with zero attached hydrogens (tertiary/aromatic N) is 4. The maximum Gasteiger partial charge on any atom is 0.223 e. The molecule has 5 rings (SSSR count). The molecule has 1 aromatic heterocycles. The highest BCUT2D eigenvalue weighted by Crippen LogP contribution is 2.41. The van der Waals surface area contributed by atoms with Crippen molar-refractivity contribution in [2.24, 2.45) is 0 Å². The minimum absolute atomic E-state index is 0.263. The third-order valence-electron chi connectivity index (χ3n) is 6.57. The second-order valence-electron chi connectivity index (χ2n) is 8.13. The molecular formula is C23H26N4O2. The fourth-order valence-electron chi connectivity index (χ4n) is 5.28. The quantitative estimate of drug-likeness (QED) is 0.665. The summed E-state index contributed by atoms with van der Waals surface area (Å²) in [5.74, 6) is 1.13. The number of fused-ring (bicyclic) bond motifs is 3. The van der Waals surface area contributed by atoms with Crippen LogP contribution in [0.1, 0.15) is 43.7 Å². The summed E-state index contributed by atoms with van der Waals surface area (Å²) < 4.78 is 5.60. The third-order valence-corrected chi connectivity index (χ3v) is 6.57. The molecule has 0 aliphatic carbocycles. The molecule has 2 aliphatic heterocycles. The van der Waals surface area contributed by atoms with Crippen molar-refractivity contribution in [2.75, 3.05) is 7.11 Å². The Kier molecular flexibility index (Phi) is 4.70. The van der Waals surface area contributed by atoms with Crippen LogP contribution < -0.4 is 4.74 Å². The number of aryl methyl sites for hydroxylation is 1. The van der Waals surface area contributed by atoms with E-state index in [0.717, 1.165) is 37.0 Å². The van der Waals surface area contributed by atoms with Crippen LogP contribution in [0.15, 0.2) is 48.8 Å². The molecule has 2 bridgehead atoms. The Morgan fingerprint density at radius 1 is 1.03 bits per heavy atom. The first-order valence-electron chi connectivity index (χ1n) is 10.5. The van der Waals surface area contributed by atoms with E-state index in [1.54, 1.807) is 19.5 Å². The van der Waals surface area contributed by atoms with Crippen LogP contribution in [0, 0.1) is 0 Å². The summed E-state index contributed by atoms with van der Waals surface area (Å²) in [7, 11) is 1.70. The fourth-order valence-corrected chi connectivity index (χ4v) is 5.28. The number of aromatic nitrogens is 3. The monoisotopic (exact) mass is 390 g/mol. The molecule has 0 saturated carbocycles. The highest BCUT2D eigenvalue weighted by molar-refractivity contribution is 5.88. The maximum absolute atomic E-state index is 13.2. The van der Waals surface area contributed by atoms with Crippen LogP contribution in [0.5, 0.6) is 5.75 Å². The van der Waals surface area contributed by atoms with E-state index in [1.165, 1.54) is 10.8 Å². The molecule has 2 aliphatic rings. The number of carbonyl (C=O) groups is 1. The summed E-state index contributed by atoms with van der Waals surface area (Å²) in [6.07, 6.45) is 8.76. The van der Waals surface area contributed by atoms with Crippen LogP contribution in [0.25, 0.3) is 10.8 Å². The van der Waals surface area contributed by atoms with Crippen molar-refractivity contribution in [1.82, 2.24) is 19.9 Å². The Morgan fingerprint density at radius 3 is 2.48 bits per heavy atom. The third kappa shape index (κ3) is 3.26. The lowest BCUT2D eigenvalue weighted by molar-refractivity contribution is -0.136. The molecule has 2 unspecified atom stereocenters. The predicted molar refractivity (Wildman–Crippen MR) is 111 cm³/mol. The number of hydrogen-bond donors (Lipinski definition) is 0. The van der Waals surface area contributed by atoms with Gasteiger partial charge in [0.15, 0.2) is 0 Å². The number of piperidine rings is 1. The van der Waals surface area contributed by atoms with Crippen molar-refractivity contribution in [3.8, 4) is 5.75 Å². The molecule has 2 aromatic carbocycles. The summed E-state index contributed by atoms with van der Waals surface area (Å²) in [4.78, 5) is 17.2. The van der Waals surface area contributed by atoms with Gasteiger partial charge in [-0.3, -0.25) is 4.79 Å². The highest BCUT2D eigenvalue weighted by Gasteiger charge is 2.43. The Balaban J connectivity index is 1.32. The van der Waals surface area contributed by atoms with E-state index >= 15 is 0 Å². The molecule has 29 heavy (non-hydrogen) atoms. The lowest BCUT2D eigenvalue weighted by Crippen LogP contribution is -2.47. The molecular weight excluding hydrogens is 364 g/mol. The van der Waals surface area contributed by atoms with Gasteiger partial charge in [0.1, 0.15) is 5.75 Å². The molecule has 6 nitrogen and oxygen atoms in total. The van der Waals surface area contributed by atoms with Gasteiger partial charge in [0.05, 0.1) is 25.5 Å². The van der Waals surface area contributed by atoms with Crippen molar-refractivity contribution in [3.05, 3.63) is 54.4 Å². The molecule has 1 amide bonds. The second kappa shape index (κ2) is 7.50. The first-order valence-corrected chi connectivity index (χ1v) is 10.5. The summed E-state index contributed by atoms with van der Waals surface area (Å²) in [6.45, 7) is 0. The maximum atomic E-state index is 13.2. The summed E-state index contributed by atoms with van der Waals surface area (Å²) in [6, 6.07) is 13.3. The van der Waals surface area contributed by atoms with Gasteiger partial charge in [-0.25, -0.2) is 0 Å². The van der Waals surface area contributed by atoms with E-state index in [-0.39, 0.29) is 5.91 Å². The van der Waals surface area contributed by atoms with E-state index in [1.807, 2.05) is 23.0 Å². The summed E-state index contributed by atoms with van der Waals surface area (Å²) >= 11 is 0. The summed E-state index contributed by atoms with van der Waals surface area (Å²) in [5, 5.41) is 11.0. The molecule has 6 heteroatoms. The van der Waals surface area contributed by atoms with Gasteiger partial charge in [0.25, 0.3) is 0 Å². The van der Waals surface area contributed by atoms with Gasteiger partial charge < -0.3 is 9.64 Å². The Bertz CT molecular complexity index is 1000. The minimum Gasteiger partial charge on any atom is -0.496 e. The van der Waals surface area contributed by atoms with E-state index in [9.17, 15) is 4.79 Å². The number of hydrogen-bond acceptors (Lipinski definition) is 4. The SMILES string of the molecule is COc1ccc2ccccc2c1CCC(=O)N1C2CCC1CC(n1nccn1)C2. The second-order valence-corrected chi connectivity index (χ2v) is 8.13. The smallest absolute Gasteiger partial charge is 0.223 e. The zero-order valence-electron chi connectivity index (χ0n) is 16.7. The zero-order chi connectivity index (χ0) is 19.8. The fraction of sp³-hybridized carbons (Fsp3) is 0.435. The average Bonchev–Trinajstić information content (AvgIpc) is 3.38. The largest absolute Gasteiger partial charge is 0.496 e. The predicted octanol–water partition coefficient (Wildman–Crippen LogP) is 3.77. The lowest BCUT2D eigenvalue weighted by atomic mass is 9.96. The zero-order valence-corrected chi connectivity index (χ0v) is 16.7. The van der Waals surface area contributed by atoms with Gasteiger partial charge in [-0.2, -0.15) is 15.0 Å². The average molecular weight is 390 g/mol. The number of carbonyl (C=O) groups excluding carboxylic acids is 1. The first-order chi connectivity index (χ1) is 14.2. The van der Waals surface area contributed by atoms with E-state index < -0.39 is 0 Å². The Hall–Kier alpha value is -2.89. The Labute approximate surface area is 170 Å². The standard InChI is InChI=1S/C23H26N4O2/c1-29-22-10-6-16-4-2-3-5-20(16)21(22)9-11-23(28)26-17-7-8-18(26)15-19(14-17)27-24-12-13-25-27/h2-6,10,12-13,17-19H,7-9,11,14-15H2,1H3. The first kappa shape index (κ1) is 18.2. The van der Waals surface area contributed by atoms with E-state index in [0.29, 0.717) is 31.0 Å². The number of rotatable bonds is 5. The van der Waals surface area contributed by atoms with E-state index in [4.69, 9.17) is 4.74 Å². The molecule has 2 saturated heterocycles. The number of methoxy groups -OCH3 is 1. The molecule has 2 fully saturated rings. The van der Waals surface area contributed by atoms with Crippen molar-refractivity contribution in [3.63, 3.8) is 0 Å². The van der Waals surface area contributed by atoms with E-state index in [2.05, 4.69) is 33.3 Å². The molecule has 3 heterocycles. The number of ether oxygens (including phenoxy) is 1. The van der Waals surface area contributed by atoms with Crippen LogP contribution >= 0.6 is 0 Å². The minimum atomic E-state index is 0.263. The Morgan fingerprint density at radius 2 is 1.76 bits per heavy atom. The van der Waals surface area contributed by atoms with Gasteiger partial charge in [-0.1, -0.05) is 30.3 Å². The van der Waals surface area contributed by atoms with Crippen molar-refractivity contribution in [1.29, 1.82) is 0 Å². The van der Waals surface area contributed by atoms with Gasteiger partial charge in [-0.15, -0.1) is 0 Å². The number of amides is 1. The van der Waals surface area contributed by atoms with Crippen molar-refractivity contribution >= 4 is 16.7 Å². The van der Waals surface area contributed by atoms with Gasteiger partial charge >= 0.3 is 0 Å². The number of benzene rings is 2. The molecule has 0 spiro atoms. The summed E-state index contributed by atoms with van der Waals surface area (Å²) in [5.41, 5.74) is 1.13. The van der Waals surface area contributed by atoms with Crippen molar-refractivity contribution < 1.29 is 9.53 Å². The van der Waals surface area contributed by atoms with Crippen LogP contribution in [0.3, 0.4) is 0 Å². The molecule has 3 aromatic rings. The lowest BCUT2D eigenvalue weighted by Gasteiger charge is -2.38. The topological polar surface area (TPSA) is 60.2 Å². The van der Waals surface area contributed by atoms with Crippen LogP contribution in [-0.4, -0.2) is 45.0 Å². The normalized spacial score (nSPS) is 23.5. The molecule has 2 atom stereocenters. The highest BCUT2D eigenvalue weighted by atomic mass is 16.5.